The molecule has 1 unspecified atom stereocenters. The van der Waals surface area contributed by atoms with E-state index in [0.717, 1.165) is 31.2 Å². The van der Waals surface area contributed by atoms with Gasteiger partial charge in [-0.25, -0.2) is 0 Å². The molecule has 1 aliphatic heterocycles. The molecule has 4 heteroatoms. The van der Waals surface area contributed by atoms with Crippen molar-refractivity contribution in [2.75, 3.05) is 13.2 Å². The van der Waals surface area contributed by atoms with E-state index in [4.69, 9.17) is 10.5 Å². The van der Waals surface area contributed by atoms with E-state index in [1.54, 1.807) is 0 Å². The van der Waals surface area contributed by atoms with Crippen LogP contribution in [-0.4, -0.2) is 19.1 Å². The highest BCUT2D eigenvalue weighted by atomic mass is 16.5. The number of nitrogens with two attached hydrogens (primary N) is 1. The smallest absolute Gasteiger partial charge is 0.255 e. The molecule has 1 heterocycles. The van der Waals surface area contributed by atoms with Crippen LogP contribution >= 0.6 is 0 Å². The Kier molecular flexibility index (Phi) is 5.62. The van der Waals surface area contributed by atoms with Crippen molar-refractivity contribution in [3.8, 4) is 5.75 Å². The zero-order valence-electron chi connectivity index (χ0n) is 13.0. The van der Waals surface area contributed by atoms with Gasteiger partial charge in [0.15, 0.2) is 0 Å². The number of hydrogen-bond acceptors (Lipinski definition) is 3. The van der Waals surface area contributed by atoms with E-state index < -0.39 is 0 Å². The highest BCUT2D eigenvalue weighted by Crippen LogP contribution is 2.31. The summed E-state index contributed by atoms with van der Waals surface area (Å²) in [6.07, 6.45) is 4.50. The lowest BCUT2D eigenvalue weighted by Gasteiger charge is -2.24. The van der Waals surface area contributed by atoms with Gasteiger partial charge in [-0.3, -0.25) is 4.79 Å². The van der Waals surface area contributed by atoms with Crippen LogP contribution in [0.25, 0.3) is 0 Å². The average molecular weight is 290 g/mol. The maximum atomic E-state index is 12.1. The minimum Gasteiger partial charge on any atom is -0.491 e. The van der Waals surface area contributed by atoms with E-state index in [-0.39, 0.29) is 11.9 Å². The molecule has 0 aliphatic carbocycles. The summed E-state index contributed by atoms with van der Waals surface area (Å²) in [4.78, 5) is 12.1. The van der Waals surface area contributed by atoms with Crippen molar-refractivity contribution in [2.24, 2.45) is 11.7 Å². The standard InChI is InChI=1S/C17H26N2O2/c1-3-5-12(6-4-2)16(18)13-7-8-15-14(11-13)17(20)19-9-10-21-15/h7-8,11-12,16H,3-6,9-10,18H2,1-2H3,(H,19,20). The van der Waals surface area contributed by atoms with Crippen LogP contribution in [-0.2, 0) is 0 Å². The Morgan fingerprint density at radius 3 is 2.67 bits per heavy atom. The van der Waals surface area contributed by atoms with Gasteiger partial charge in [0.1, 0.15) is 12.4 Å². The molecule has 0 bridgehead atoms. The monoisotopic (exact) mass is 290 g/mol. The molecule has 1 aliphatic rings. The van der Waals surface area contributed by atoms with Gasteiger partial charge in [0.05, 0.1) is 12.1 Å². The summed E-state index contributed by atoms with van der Waals surface area (Å²) in [5.74, 6) is 1.05. The zero-order chi connectivity index (χ0) is 15.2. The maximum Gasteiger partial charge on any atom is 0.255 e. The average Bonchev–Trinajstić information content (AvgIpc) is 2.68. The molecule has 0 radical (unpaired) electrons. The fourth-order valence-electron chi connectivity index (χ4n) is 3.00. The lowest BCUT2D eigenvalue weighted by Crippen LogP contribution is -2.25. The van der Waals surface area contributed by atoms with Gasteiger partial charge < -0.3 is 15.8 Å². The second-order valence-corrected chi connectivity index (χ2v) is 5.72. The van der Waals surface area contributed by atoms with Crippen molar-refractivity contribution in [1.29, 1.82) is 0 Å². The molecule has 1 aromatic carbocycles. The first-order chi connectivity index (χ1) is 10.2. The van der Waals surface area contributed by atoms with Crippen LogP contribution in [0.3, 0.4) is 0 Å². The predicted molar refractivity (Wildman–Crippen MR) is 84.5 cm³/mol. The lowest BCUT2D eigenvalue weighted by molar-refractivity contribution is 0.0957. The molecule has 21 heavy (non-hydrogen) atoms. The summed E-state index contributed by atoms with van der Waals surface area (Å²) in [5, 5.41) is 2.84. The van der Waals surface area contributed by atoms with E-state index in [1.807, 2.05) is 18.2 Å². The number of hydrogen-bond donors (Lipinski definition) is 2. The Labute approximate surface area is 127 Å². The van der Waals surface area contributed by atoms with Crippen LogP contribution in [0.5, 0.6) is 5.75 Å². The number of nitrogens with one attached hydrogen (secondary N) is 1. The largest absolute Gasteiger partial charge is 0.491 e. The van der Waals surface area contributed by atoms with Crippen LogP contribution in [0.2, 0.25) is 0 Å². The van der Waals surface area contributed by atoms with E-state index in [1.165, 1.54) is 0 Å². The molecular weight excluding hydrogens is 264 g/mol. The normalized spacial score (nSPS) is 15.9. The summed E-state index contributed by atoms with van der Waals surface area (Å²) < 4.78 is 5.58. The number of benzene rings is 1. The molecule has 0 saturated carbocycles. The van der Waals surface area contributed by atoms with Crippen molar-refractivity contribution in [2.45, 2.75) is 45.6 Å². The molecular formula is C17H26N2O2. The van der Waals surface area contributed by atoms with Gasteiger partial charge in [0, 0.05) is 6.04 Å². The third kappa shape index (κ3) is 3.76. The van der Waals surface area contributed by atoms with Crippen LogP contribution in [0.15, 0.2) is 18.2 Å². The number of amides is 1. The van der Waals surface area contributed by atoms with Crippen LogP contribution in [0.4, 0.5) is 0 Å². The minimum absolute atomic E-state index is 0.0220. The van der Waals surface area contributed by atoms with Gasteiger partial charge in [-0.2, -0.15) is 0 Å². The van der Waals surface area contributed by atoms with E-state index in [9.17, 15) is 4.79 Å². The van der Waals surface area contributed by atoms with Crippen molar-refractivity contribution in [3.63, 3.8) is 0 Å². The van der Waals surface area contributed by atoms with Crippen LogP contribution < -0.4 is 15.8 Å². The van der Waals surface area contributed by atoms with Crippen LogP contribution in [0, 0.1) is 5.92 Å². The third-order valence-corrected chi connectivity index (χ3v) is 4.11. The highest BCUT2D eigenvalue weighted by molar-refractivity contribution is 5.97. The van der Waals surface area contributed by atoms with Gasteiger partial charge in [-0.15, -0.1) is 0 Å². The fourth-order valence-corrected chi connectivity index (χ4v) is 3.00. The highest BCUT2D eigenvalue weighted by Gasteiger charge is 2.22. The Hall–Kier alpha value is -1.55. The first-order valence-electron chi connectivity index (χ1n) is 7.97. The second-order valence-electron chi connectivity index (χ2n) is 5.72. The van der Waals surface area contributed by atoms with Gasteiger partial charge in [0.2, 0.25) is 0 Å². The Morgan fingerprint density at radius 2 is 2.00 bits per heavy atom. The fraction of sp³-hybridized carbons (Fsp3) is 0.588. The summed E-state index contributed by atoms with van der Waals surface area (Å²) in [7, 11) is 0. The van der Waals surface area contributed by atoms with Gasteiger partial charge in [-0.1, -0.05) is 32.8 Å². The SMILES string of the molecule is CCCC(CCC)C(N)c1ccc2c(c1)C(=O)NCCO2. The van der Waals surface area contributed by atoms with Crippen molar-refractivity contribution >= 4 is 5.91 Å². The molecule has 0 aromatic heterocycles. The van der Waals surface area contributed by atoms with E-state index in [0.29, 0.717) is 30.4 Å². The molecule has 0 saturated heterocycles. The zero-order valence-corrected chi connectivity index (χ0v) is 13.0. The number of fused-ring (bicyclic) bond motifs is 1. The molecule has 0 fully saturated rings. The molecule has 116 valence electrons. The van der Waals surface area contributed by atoms with Crippen LogP contribution in [0.1, 0.15) is 61.5 Å². The molecule has 0 spiro atoms. The first kappa shape index (κ1) is 15.8. The first-order valence-corrected chi connectivity index (χ1v) is 7.97. The Bertz CT molecular complexity index is 482. The van der Waals surface area contributed by atoms with E-state index >= 15 is 0 Å². The van der Waals surface area contributed by atoms with Gasteiger partial charge in [0.25, 0.3) is 5.91 Å². The number of ether oxygens (including phenoxy) is 1. The maximum absolute atomic E-state index is 12.1. The topological polar surface area (TPSA) is 64.4 Å². The van der Waals surface area contributed by atoms with E-state index in [2.05, 4.69) is 19.2 Å². The van der Waals surface area contributed by atoms with Crippen molar-refractivity contribution in [1.82, 2.24) is 5.32 Å². The molecule has 3 N–H and O–H groups in total. The van der Waals surface area contributed by atoms with Gasteiger partial charge >= 0.3 is 0 Å². The Morgan fingerprint density at radius 1 is 1.29 bits per heavy atom. The molecule has 2 rings (SSSR count). The number of carbonyl (C=O) groups is 1. The summed E-state index contributed by atoms with van der Waals surface area (Å²) in [5.41, 5.74) is 8.09. The van der Waals surface area contributed by atoms with Gasteiger partial charge in [-0.05, 0) is 36.5 Å². The Balaban J connectivity index is 2.25. The summed E-state index contributed by atoms with van der Waals surface area (Å²) in [6, 6.07) is 5.76. The number of carbonyl (C=O) groups excluding carboxylic acids is 1. The summed E-state index contributed by atoms with van der Waals surface area (Å²) in [6.45, 7) is 5.43. The predicted octanol–water partition coefficient (Wildman–Crippen LogP) is 3.03. The number of rotatable bonds is 6. The second kappa shape index (κ2) is 7.46. The molecule has 1 atom stereocenters. The molecule has 1 aromatic rings. The third-order valence-electron chi connectivity index (χ3n) is 4.11. The van der Waals surface area contributed by atoms with Crippen molar-refractivity contribution < 1.29 is 9.53 Å². The molecule has 1 amide bonds. The quantitative estimate of drug-likeness (QED) is 0.846. The van der Waals surface area contributed by atoms with Crippen molar-refractivity contribution in [3.05, 3.63) is 29.3 Å². The lowest BCUT2D eigenvalue weighted by atomic mass is 9.86. The molecule has 4 nitrogen and oxygen atoms in total. The minimum atomic E-state index is -0.0703. The summed E-state index contributed by atoms with van der Waals surface area (Å²) >= 11 is 0.